The summed E-state index contributed by atoms with van der Waals surface area (Å²) in [5.74, 6) is 0.599. The van der Waals surface area contributed by atoms with E-state index in [1.165, 1.54) is 5.69 Å². The number of para-hydroxylation sites is 1. The van der Waals surface area contributed by atoms with Gasteiger partial charge in [-0.1, -0.05) is 25.1 Å². The maximum Gasteiger partial charge on any atom is 0.335 e. The normalized spacial score (nSPS) is 29.7. The van der Waals surface area contributed by atoms with E-state index in [9.17, 15) is 0 Å². The second-order valence-electron chi connectivity index (χ2n) is 5.28. The van der Waals surface area contributed by atoms with Gasteiger partial charge in [-0.25, -0.2) is 0 Å². The molecule has 18 heavy (non-hydrogen) atoms. The second-order valence-corrected chi connectivity index (χ2v) is 8.65. The Morgan fingerprint density at radius 3 is 2.72 bits per heavy atom. The highest BCUT2D eigenvalue weighted by atomic mass is 28.4. The van der Waals surface area contributed by atoms with Gasteiger partial charge in [-0.2, -0.15) is 0 Å². The highest BCUT2D eigenvalue weighted by molar-refractivity contribution is 6.66. The van der Waals surface area contributed by atoms with Gasteiger partial charge in [0.05, 0.1) is 6.61 Å². The third kappa shape index (κ3) is 3.34. The number of nitrogens with zero attached hydrogens (tertiary/aromatic N) is 1. The van der Waals surface area contributed by atoms with Crippen LogP contribution in [0.25, 0.3) is 0 Å². The highest BCUT2D eigenvalue weighted by Gasteiger charge is 2.34. The molecule has 100 valence electrons. The van der Waals surface area contributed by atoms with E-state index in [0.717, 1.165) is 25.7 Å². The monoisotopic (exact) mass is 265 g/mol. The Balaban J connectivity index is 2.06. The van der Waals surface area contributed by atoms with Crippen LogP contribution in [0.5, 0.6) is 0 Å². The molecule has 0 N–H and O–H groups in total. The van der Waals surface area contributed by atoms with Crippen LogP contribution in [-0.4, -0.2) is 35.4 Å². The minimum Gasteiger partial charge on any atom is -0.398 e. The predicted molar refractivity (Wildman–Crippen MR) is 77.2 cm³/mol. The average molecular weight is 265 g/mol. The first kappa shape index (κ1) is 13.6. The molecular formula is C14H23NO2Si. The molecule has 4 heteroatoms. The third-order valence-corrected chi connectivity index (χ3v) is 6.69. The van der Waals surface area contributed by atoms with Crippen molar-refractivity contribution < 1.29 is 8.85 Å². The Labute approximate surface area is 111 Å². The molecule has 2 rings (SSSR count). The second kappa shape index (κ2) is 5.86. The van der Waals surface area contributed by atoms with E-state index in [0.29, 0.717) is 5.92 Å². The van der Waals surface area contributed by atoms with E-state index in [4.69, 9.17) is 8.85 Å². The molecular weight excluding hydrogens is 242 g/mol. The number of rotatable bonds is 2. The van der Waals surface area contributed by atoms with Gasteiger partial charge in [0.25, 0.3) is 0 Å². The van der Waals surface area contributed by atoms with Crippen LogP contribution >= 0.6 is 0 Å². The molecule has 0 spiro atoms. The summed E-state index contributed by atoms with van der Waals surface area (Å²) in [6.45, 7) is 7.24. The van der Waals surface area contributed by atoms with E-state index in [1.54, 1.807) is 7.11 Å². The van der Waals surface area contributed by atoms with E-state index in [1.807, 2.05) is 0 Å². The number of benzene rings is 1. The molecule has 0 radical (unpaired) electrons. The topological polar surface area (TPSA) is 21.7 Å². The fourth-order valence-corrected chi connectivity index (χ4v) is 4.93. The summed E-state index contributed by atoms with van der Waals surface area (Å²) in [5, 5.41) is 0. The first-order chi connectivity index (χ1) is 8.63. The van der Waals surface area contributed by atoms with Gasteiger partial charge in [-0.05, 0) is 30.6 Å². The maximum atomic E-state index is 6.02. The van der Waals surface area contributed by atoms with Gasteiger partial charge in [0, 0.05) is 25.9 Å². The number of hydrogen-bond acceptors (Lipinski definition) is 3. The average Bonchev–Trinajstić information content (AvgIpc) is 2.36. The van der Waals surface area contributed by atoms with Crippen LogP contribution in [0.4, 0.5) is 5.69 Å². The molecule has 1 fully saturated rings. The summed E-state index contributed by atoms with van der Waals surface area (Å²) in [5.41, 5.74) is 1.29. The minimum atomic E-state index is -1.91. The molecule has 0 amide bonds. The molecule has 2 atom stereocenters. The zero-order chi connectivity index (χ0) is 13.0. The van der Waals surface area contributed by atoms with Gasteiger partial charge in [0.2, 0.25) is 0 Å². The molecule has 1 aliphatic rings. The van der Waals surface area contributed by atoms with Crippen LogP contribution in [0, 0.1) is 5.92 Å². The van der Waals surface area contributed by atoms with Crippen molar-refractivity contribution in [2.45, 2.75) is 19.5 Å². The summed E-state index contributed by atoms with van der Waals surface area (Å²) in [6.07, 6.45) is 0. The molecule has 1 saturated heterocycles. The first-order valence-corrected chi connectivity index (χ1v) is 9.14. The Bertz CT molecular complexity index is 373. The van der Waals surface area contributed by atoms with Gasteiger partial charge in [-0.3, -0.25) is 0 Å². The molecule has 1 aromatic rings. The van der Waals surface area contributed by atoms with Gasteiger partial charge in [-0.15, -0.1) is 0 Å². The van der Waals surface area contributed by atoms with Gasteiger partial charge >= 0.3 is 8.56 Å². The predicted octanol–water partition coefficient (Wildman–Crippen LogP) is 2.88. The number of anilines is 1. The van der Waals surface area contributed by atoms with Gasteiger partial charge in [0.15, 0.2) is 0 Å². The fourth-order valence-electron chi connectivity index (χ4n) is 2.61. The van der Waals surface area contributed by atoms with Gasteiger partial charge in [0.1, 0.15) is 0 Å². The van der Waals surface area contributed by atoms with Crippen molar-refractivity contribution in [3.8, 4) is 0 Å². The summed E-state index contributed by atoms with van der Waals surface area (Å²) >= 11 is 0. The molecule has 0 aromatic heterocycles. The smallest absolute Gasteiger partial charge is 0.335 e. The van der Waals surface area contributed by atoms with Crippen LogP contribution in [0.3, 0.4) is 0 Å². The lowest BCUT2D eigenvalue weighted by Crippen LogP contribution is -2.46. The lowest BCUT2D eigenvalue weighted by atomic mass is 10.2. The van der Waals surface area contributed by atoms with Crippen molar-refractivity contribution in [2.24, 2.45) is 5.92 Å². The Hall–Kier alpha value is -0.843. The lowest BCUT2D eigenvalue weighted by molar-refractivity contribution is 0.196. The fraction of sp³-hybridized carbons (Fsp3) is 0.571. The van der Waals surface area contributed by atoms with Crippen LogP contribution in [0.2, 0.25) is 12.6 Å². The van der Waals surface area contributed by atoms with Crippen molar-refractivity contribution in [1.82, 2.24) is 0 Å². The highest BCUT2D eigenvalue weighted by Crippen LogP contribution is 2.24. The maximum absolute atomic E-state index is 6.02. The van der Waals surface area contributed by atoms with Crippen LogP contribution in [-0.2, 0) is 8.85 Å². The minimum absolute atomic E-state index is 0.599. The lowest BCUT2D eigenvalue weighted by Gasteiger charge is -2.36. The van der Waals surface area contributed by atoms with Crippen molar-refractivity contribution in [3.63, 3.8) is 0 Å². The van der Waals surface area contributed by atoms with Crippen molar-refractivity contribution in [1.29, 1.82) is 0 Å². The van der Waals surface area contributed by atoms with Crippen LogP contribution in [0.15, 0.2) is 30.3 Å². The Morgan fingerprint density at radius 1 is 1.33 bits per heavy atom. The summed E-state index contributed by atoms with van der Waals surface area (Å²) in [6, 6.07) is 11.6. The molecule has 1 aliphatic heterocycles. The zero-order valence-corrected chi connectivity index (χ0v) is 12.6. The Kier molecular flexibility index (Phi) is 4.43. The van der Waals surface area contributed by atoms with Crippen molar-refractivity contribution >= 4 is 14.2 Å². The molecule has 0 bridgehead atoms. The molecule has 1 heterocycles. The van der Waals surface area contributed by atoms with E-state index in [-0.39, 0.29) is 0 Å². The van der Waals surface area contributed by atoms with E-state index in [2.05, 4.69) is 48.7 Å². The standard InChI is InChI=1S/C14H23NO2Si/c1-13-11-15(14-7-5-4-6-8-14)9-10-17-18(3,12-13)16-2/h4-8,13H,9-12H2,1-3H3. The first-order valence-electron chi connectivity index (χ1n) is 6.62. The Morgan fingerprint density at radius 2 is 2.06 bits per heavy atom. The van der Waals surface area contributed by atoms with Crippen molar-refractivity contribution in [3.05, 3.63) is 30.3 Å². The quantitative estimate of drug-likeness (QED) is 0.768. The summed E-state index contributed by atoms with van der Waals surface area (Å²) in [4.78, 5) is 2.41. The van der Waals surface area contributed by atoms with Crippen molar-refractivity contribution in [2.75, 3.05) is 31.7 Å². The summed E-state index contributed by atoms with van der Waals surface area (Å²) < 4.78 is 11.6. The molecule has 1 aromatic carbocycles. The van der Waals surface area contributed by atoms with E-state index < -0.39 is 8.56 Å². The molecule has 2 unspecified atom stereocenters. The summed E-state index contributed by atoms with van der Waals surface area (Å²) in [7, 11) is -0.126. The molecule has 0 saturated carbocycles. The van der Waals surface area contributed by atoms with Crippen LogP contribution < -0.4 is 4.90 Å². The largest absolute Gasteiger partial charge is 0.398 e. The third-order valence-electron chi connectivity index (χ3n) is 3.57. The van der Waals surface area contributed by atoms with E-state index >= 15 is 0 Å². The number of hydrogen-bond donors (Lipinski definition) is 0. The SMILES string of the molecule is CO[Si]1(C)CC(C)CN(c2ccccc2)CCO1. The zero-order valence-electron chi connectivity index (χ0n) is 11.6. The molecule has 3 nitrogen and oxygen atoms in total. The van der Waals surface area contributed by atoms with Crippen LogP contribution in [0.1, 0.15) is 6.92 Å². The van der Waals surface area contributed by atoms with Gasteiger partial charge < -0.3 is 13.8 Å². The molecule has 0 aliphatic carbocycles.